The maximum absolute atomic E-state index is 9.06. The van der Waals surface area contributed by atoms with Gasteiger partial charge in [-0.15, -0.1) is 0 Å². The Morgan fingerprint density at radius 3 is 3.00 bits per heavy atom. The minimum absolute atomic E-state index is 0.252. The van der Waals surface area contributed by atoms with Crippen molar-refractivity contribution in [1.29, 1.82) is 0 Å². The number of piperidine rings is 1. The fourth-order valence-electron chi connectivity index (χ4n) is 2.33. The van der Waals surface area contributed by atoms with E-state index in [0.717, 1.165) is 25.1 Å². The van der Waals surface area contributed by atoms with Crippen molar-refractivity contribution in [3.05, 3.63) is 23.5 Å². The zero-order valence-electron chi connectivity index (χ0n) is 9.27. The Hall–Kier alpha value is -0.800. The summed E-state index contributed by atoms with van der Waals surface area (Å²) in [6, 6.07) is 4.27. The number of aliphatic hydroxyl groups excluding tert-OH is 1. The lowest BCUT2D eigenvalue weighted by Gasteiger charge is -2.37. The predicted octanol–water partition coefficient (Wildman–Crippen LogP) is 2.48. The van der Waals surface area contributed by atoms with Crippen molar-refractivity contribution >= 4 is 17.3 Å². The first-order valence-electron chi connectivity index (χ1n) is 5.80. The molecule has 2 heterocycles. The number of hydrogen-bond acceptors (Lipinski definition) is 3. The highest BCUT2D eigenvalue weighted by molar-refractivity contribution is 6.29. The lowest BCUT2D eigenvalue weighted by atomic mass is 9.99. The van der Waals surface area contributed by atoms with Gasteiger partial charge >= 0.3 is 0 Å². The van der Waals surface area contributed by atoms with Crippen molar-refractivity contribution in [2.24, 2.45) is 0 Å². The third-order valence-corrected chi connectivity index (χ3v) is 3.36. The molecule has 2 rings (SSSR count). The molecule has 1 unspecified atom stereocenters. The first-order chi connectivity index (χ1) is 7.81. The Balaban J connectivity index is 2.13. The fraction of sp³-hybridized carbons (Fsp3) is 0.583. The van der Waals surface area contributed by atoms with Gasteiger partial charge in [-0.1, -0.05) is 11.6 Å². The van der Waals surface area contributed by atoms with Crippen molar-refractivity contribution in [2.75, 3.05) is 18.1 Å². The molecule has 0 aliphatic carbocycles. The highest BCUT2D eigenvalue weighted by Crippen LogP contribution is 2.26. The van der Waals surface area contributed by atoms with E-state index in [9.17, 15) is 0 Å². The van der Waals surface area contributed by atoms with Crippen LogP contribution in [0.1, 0.15) is 25.7 Å². The molecule has 88 valence electrons. The van der Waals surface area contributed by atoms with E-state index in [0.29, 0.717) is 11.2 Å². The molecule has 0 amide bonds. The van der Waals surface area contributed by atoms with Crippen LogP contribution in [-0.4, -0.2) is 29.3 Å². The van der Waals surface area contributed by atoms with Crippen LogP contribution in [0, 0.1) is 0 Å². The number of anilines is 1. The van der Waals surface area contributed by atoms with E-state index >= 15 is 0 Å². The van der Waals surface area contributed by atoms with Crippen LogP contribution in [0.4, 0.5) is 5.69 Å². The molecule has 3 nitrogen and oxygen atoms in total. The van der Waals surface area contributed by atoms with Gasteiger partial charge in [-0.3, -0.25) is 0 Å². The second-order valence-corrected chi connectivity index (χ2v) is 4.58. The second-order valence-electron chi connectivity index (χ2n) is 4.19. The Kier molecular flexibility index (Phi) is 4.02. The molecule has 0 saturated carbocycles. The van der Waals surface area contributed by atoms with Crippen molar-refractivity contribution < 1.29 is 5.11 Å². The summed E-state index contributed by atoms with van der Waals surface area (Å²) >= 11 is 5.78. The first kappa shape index (κ1) is 11.7. The van der Waals surface area contributed by atoms with Crippen LogP contribution >= 0.6 is 11.6 Å². The van der Waals surface area contributed by atoms with Crippen molar-refractivity contribution in [1.82, 2.24) is 4.98 Å². The van der Waals surface area contributed by atoms with Gasteiger partial charge < -0.3 is 10.0 Å². The van der Waals surface area contributed by atoms with Gasteiger partial charge in [-0.2, -0.15) is 0 Å². The summed E-state index contributed by atoms with van der Waals surface area (Å²) in [7, 11) is 0. The van der Waals surface area contributed by atoms with E-state index < -0.39 is 0 Å². The van der Waals surface area contributed by atoms with Gasteiger partial charge in [0.2, 0.25) is 0 Å². The van der Waals surface area contributed by atoms with Gasteiger partial charge in [0, 0.05) is 19.2 Å². The maximum Gasteiger partial charge on any atom is 0.129 e. The molecule has 1 aliphatic heterocycles. The largest absolute Gasteiger partial charge is 0.396 e. The molecular weight excluding hydrogens is 224 g/mol. The van der Waals surface area contributed by atoms with Crippen LogP contribution < -0.4 is 4.90 Å². The molecule has 1 aromatic rings. The van der Waals surface area contributed by atoms with Crippen molar-refractivity contribution in [3.63, 3.8) is 0 Å². The molecule has 1 atom stereocenters. The fourth-order valence-corrected chi connectivity index (χ4v) is 2.44. The van der Waals surface area contributed by atoms with E-state index in [-0.39, 0.29) is 6.61 Å². The number of hydrogen-bond donors (Lipinski definition) is 1. The third-order valence-electron chi connectivity index (χ3n) is 3.13. The number of nitrogens with zero attached hydrogens (tertiary/aromatic N) is 2. The summed E-state index contributed by atoms with van der Waals surface area (Å²) in [6.45, 7) is 1.30. The quantitative estimate of drug-likeness (QED) is 0.825. The molecule has 4 heteroatoms. The molecule has 0 aromatic carbocycles. The lowest BCUT2D eigenvalue weighted by Crippen LogP contribution is -2.40. The topological polar surface area (TPSA) is 36.4 Å². The van der Waals surface area contributed by atoms with Gasteiger partial charge in [-0.05, 0) is 37.8 Å². The number of pyridine rings is 1. The van der Waals surface area contributed by atoms with Gasteiger partial charge in [0.05, 0.1) is 11.9 Å². The Labute approximate surface area is 101 Å². The molecule has 1 saturated heterocycles. The predicted molar refractivity (Wildman–Crippen MR) is 65.9 cm³/mol. The molecule has 0 bridgehead atoms. The number of halogens is 1. The van der Waals surface area contributed by atoms with Crippen LogP contribution in [0.15, 0.2) is 18.3 Å². The standard InChI is InChI=1S/C12H17ClN2O/c13-12-5-4-11(9-14-12)15-7-2-1-3-10(15)6-8-16/h4-5,9-10,16H,1-3,6-8H2. The van der Waals surface area contributed by atoms with Crippen LogP contribution in [-0.2, 0) is 0 Å². The highest BCUT2D eigenvalue weighted by atomic mass is 35.5. The average molecular weight is 241 g/mol. The third kappa shape index (κ3) is 2.66. The molecule has 1 aliphatic rings. The number of rotatable bonds is 3. The normalized spacial score (nSPS) is 21.1. The smallest absolute Gasteiger partial charge is 0.129 e. The molecule has 0 radical (unpaired) electrons. The second kappa shape index (κ2) is 5.51. The monoisotopic (exact) mass is 240 g/mol. The molecule has 16 heavy (non-hydrogen) atoms. The zero-order chi connectivity index (χ0) is 11.4. The maximum atomic E-state index is 9.06. The van der Waals surface area contributed by atoms with E-state index in [1.807, 2.05) is 18.3 Å². The Morgan fingerprint density at radius 1 is 1.44 bits per heavy atom. The Bertz CT molecular complexity index is 326. The van der Waals surface area contributed by atoms with E-state index in [4.69, 9.17) is 16.7 Å². The summed E-state index contributed by atoms with van der Waals surface area (Å²) < 4.78 is 0. The van der Waals surface area contributed by atoms with Crippen LogP contribution in [0.5, 0.6) is 0 Å². The molecule has 1 fully saturated rings. The highest BCUT2D eigenvalue weighted by Gasteiger charge is 2.22. The van der Waals surface area contributed by atoms with Gasteiger partial charge in [0.25, 0.3) is 0 Å². The number of aliphatic hydroxyl groups is 1. The Morgan fingerprint density at radius 2 is 2.31 bits per heavy atom. The molecule has 0 spiro atoms. The van der Waals surface area contributed by atoms with Gasteiger partial charge in [0.15, 0.2) is 0 Å². The van der Waals surface area contributed by atoms with Crippen LogP contribution in [0.25, 0.3) is 0 Å². The summed E-state index contributed by atoms with van der Waals surface area (Å²) in [5.41, 5.74) is 1.11. The van der Waals surface area contributed by atoms with Gasteiger partial charge in [0.1, 0.15) is 5.15 Å². The lowest BCUT2D eigenvalue weighted by molar-refractivity contribution is 0.262. The SMILES string of the molecule is OCCC1CCCCN1c1ccc(Cl)nc1. The number of aromatic nitrogens is 1. The molecular formula is C12H17ClN2O. The van der Waals surface area contributed by atoms with Crippen LogP contribution in [0.2, 0.25) is 5.15 Å². The van der Waals surface area contributed by atoms with E-state index in [1.165, 1.54) is 12.8 Å². The minimum atomic E-state index is 0.252. The van der Waals surface area contributed by atoms with E-state index in [1.54, 1.807) is 0 Å². The first-order valence-corrected chi connectivity index (χ1v) is 6.18. The zero-order valence-corrected chi connectivity index (χ0v) is 10.0. The van der Waals surface area contributed by atoms with Crippen molar-refractivity contribution in [2.45, 2.75) is 31.7 Å². The minimum Gasteiger partial charge on any atom is -0.396 e. The van der Waals surface area contributed by atoms with E-state index in [2.05, 4.69) is 9.88 Å². The molecule has 1 aromatic heterocycles. The molecule has 1 N–H and O–H groups in total. The van der Waals surface area contributed by atoms with Crippen molar-refractivity contribution in [3.8, 4) is 0 Å². The summed E-state index contributed by atoms with van der Waals surface area (Å²) in [6.07, 6.45) is 6.27. The summed E-state index contributed by atoms with van der Waals surface area (Å²) in [5, 5.41) is 9.59. The van der Waals surface area contributed by atoms with Crippen LogP contribution in [0.3, 0.4) is 0 Å². The average Bonchev–Trinajstić information content (AvgIpc) is 2.32. The summed E-state index contributed by atoms with van der Waals surface area (Å²) in [5.74, 6) is 0. The summed E-state index contributed by atoms with van der Waals surface area (Å²) in [4.78, 5) is 6.45. The van der Waals surface area contributed by atoms with Gasteiger partial charge in [-0.25, -0.2) is 4.98 Å².